The summed E-state index contributed by atoms with van der Waals surface area (Å²) in [6, 6.07) is 6.55. The van der Waals surface area contributed by atoms with Gasteiger partial charge in [-0.05, 0) is 30.2 Å². The molecule has 0 saturated heterocycles. The Bertz CT molecular complexity index is 505. The normalized spacial score (nSPS) is 11.1. The summed E-state index contributed by atoms with van der Waals surface area (Å²) in [6.07, 6.45) is 0. The zero-order chi connectivity index (χ0) is 11.7. The minimum atomic E-state index is -0.412. The van der Waals surface area contributed by atoms with E-state index in [-0.39, 0.29) is 5.02 Å². The molecule has 1 aromatic heterocycles. The molecule has 0 atom stereocenters. The third kappa shape index (κ3) is 2.09. The summed E-state index contributed by atoms with van der Waals surface area (Å²) in [5.74, 6) is -0.0257. The molecule has 1 aromatic carbocycles. The quantitative estimate of drug-likeness (QED) is 0.842. The predicted molar refractivity (Wildman–Crippen MR) is 63.1 cm³/mol. The highest BCUT2D eigenvalue weighted by Crippen LogP contribution is 2.25. The first-order valence-electron chi connectivity index (χ1n) is 5.08. The maximum Gasteiger partial charge on any atom is 0.141 e. The van der Waals surface area contributed by atoms with Crippen LogP contribution in [0, 0.1) is 5.82 Å². The predicted octanol–water partition coefficient (Wildman–Crippen LogP) is 3.99. The van der Waals surface area contributed by atoms with Gasteiger partial charge in [0.15, 0.2) is 0 Å². The summed E-state index contributed by atoms with van der Waals surface area (Å²) in [6.45, 7) is 4.16. The average molecular weight is 239 g/mol. The first kappa shape index (κ1) is 11.1. The van der Waals surface area contributed by atoms with Crippen molar-refractivity contribution in [3.05, 3.63) is 40.8 Å². The molecule has 2 rings (SSSR count). The van der Waals surface area contributed by atoms with E-state index in [2.05, 4.69) is 24.0 Å². The minimum absolute atomic E-state index is 0.117. The Balaban J connectivity index is 2.39. The van der Waals surface area contributed by atoms with Gasteiger partial charge in [0.05, 0.1) is 10.7 Å². The van der Waals surface area contributed by atoms with Crippen molar-refractivity contribution in [3.63, 3.8) is 0 Å². The summed E-state index contributed by atoms with van der Waals surface area (Å²) < 4.78 is 13.0. The second kappa shape index (κ2) is 4.26. The molecule has 0 aliphatic carbocycles. The molecule has 0 spiro atoms. The van der Waals surface area contributed by atoms with Crippen LogP contribution >= 0.6 is 11.6 Å². The third-order valence-electron chi connectivity index (χ3n) is 2.44. The molecule has 0 bridgehead atoms. The second-order valence-electron chi connectivity index (χ2n) is 3.99. The van der Waals surface area contributed by atoms with Gasteiger partial charge in [0.2, 0.25) is 0 Å². The molecule has 2 nitrogen and oxygen atoms in total. The number of nitrogens with one attached hydrogen (secondary N) is 1. The molecule has 0 amide bonds. The van der Waals surface area contributed by atoms with E-state index < -0.39 is 5.82 Å². The average Bonchev–Trinajstić information content (AvgIpc) is 2.71. The van der Waals surface area contributed by atoms with E-state index in [1.54, 1.807) is 12.1 Å². The molecule has 0 fully saturated rings. The van der Waals surface area contributed by atoms with Gasteiger partial charge in [0.25, 0.3) is 0 Å². The zero-order valence-electron chi connectivity index (χ0n) is 9.09. The van der Waals surface area contributed by atoms with Crippen molar-refractivity contribution in [2.75, 3.05) is 0 Å². The van der Waals surface area contributed by atoms with Gasteiger partial charge < -0.3 is 0 Å². The largest absolute Gasteiger partial charge is 0.282 e. The van der Waals surface area contributed by atoms with Crippen molar-refractivity contribution in [2.45, 2.75) is 19.8 Å². The summed E-state index contributed by atoms with van der Waals surface area (Å²) in [7, 11) is 0. The SMILES string of the molecule is CC(C)c1cc(-c2ccc(F)c(Cl)c2)n[nH]1. The van der Waals surface area contributed by atoms with Gasteiger partial charge in [-0.2, -0.15) is 5.10 Å². The molecule has 16 heavy (non-hydrogen) atoms. The number of benzene rings is 1. The summed E-state index contributed by atoms with van der Waals surface area (Å²) in [5.41, 5.74) is 2.65. The van der Waals surface area contributed by atoms with E-state index >= 15 is 0 Å². The van der Waals surface area contributed by atoms with E-state index in [1.807, 2.05) is 6.07 Å². The highest BCUT2D eigenvalue weighted by Gasteiger charge is 2.08. The topological polar surface area (TPSA) is 28.7 Å². The van der Waals surface area contributed by atoms with Crippen LogP contribution in [0.5, 0.6) is 0 Å². The van der Waals surface area contributed by atoms with Gasteiger partial charge in [-0.1, -0.05) is 25.4 Å². The Morgan fingerprint density at radius 1 is 1.31 bits per heavy atom. The van der Waals surface area contributed by atoms with E-state index in [9.17, 15) is 4.39 Å². The lowest BCUT2D eigenvalue weighted by atomic mass is 10.1. The first-order valence-corrected chi connectivity index (χ1v) is 5.46. The minimum Gasteiger partial charge on any atom is -0.282 e. The van der Waals surface area contributed by atoms with Crippen molar-refractivity contribution < 1.29 is 4.39 Å². The maximum atomic E-state index is 13.0. The van der Waals surface area contributed by atoms with Crippen molar-refractivity contribution in [1.82, 2.24) is 10.2 Å². The summed E-state index contributed by atoms with van der Waals surface area (Å²) in [4.78, 5) is 0. The van der Waals surface area contributed by atoms with Crippen LogP contribution in [0.2, 0.25) is 5.02 Å². The van der Waals surface area contributed by atoms with Gasteiger partial charge in [-0.3, -0.25) is 5.10 Å². The molecular formula is C12H12ClFN2. The van der Waals surface area contributed by atoms with E-state index in [0.29, 0.717) is 5.92 Å². The second-order valence-corrected chi connectivity index (χ2v) is 4.40. The van der Waals surface area contributed by atoms with Crippen LogP contribution in [0.3, 0.4) is 0 Å². The van der Waals surface area contributed by atoms with Gasteiger partial charge in [-0.15, -0.1) is 0 Å². The number of hydrogen-bond acceptors (Lipinski definition) is 1. The molecule has 0 aliphatic rings. The van der Waals surface area contributed by atoms with E-state index in [1.165, 1.54) is 6.07 Å². The van der Waals surface area contributed by atoms with Crippen LogP contribution < -0.4 is 0 Å². The molecule has 4 heteroatoms. The number of H-pyrrole nitrogens is 1. The monoisotopic (exact) mass is 238 g/mol. The van der Waals surface area contributed by atoms with Crippen LogP contribution in [0.4, 0.5) is 4.39 Å². The number of nitrogens with zero attached hydrogens (tertiary/aromatic N) is 1. The van der Waals surface area contributed by atoms with Crippen molar-refractivity contribution in [1.29, 1.82) is 0 Å². The van der Waals surface area contributed by atoms with Crippen LogP contribution in [0.15, 0.2) is 24.3 Å². The molecule has 0 saturated carbocycles. The smallest absolute Gasteiger partial charge is 0.141 e. The van der Waals surface area contributed by atoms with E-state index in [4.69, 9.17) is 11.6 Å². The van der Waals surface area contributed by atoms with Crippen molar-refractivity contribution >= 4 is 11.6 Å². The molecule has 0 radical (unpaired) electrons. The van der Waals surface area contributed by atoms with Crippen LogP contribution in [0.25, 0.3) is 11.3 Å². The lowest BCUT2D eigenvalue weighted by Gasteiger charge is -1.98. The summed E-state index contributed by atoms with van der Waals surface area (Å²) >= 11 is 5.72. The highest BCUT2D eigenvalue weighted by molar-refractivity contribution is 6.31. The fourth-order valence-corrected chi connectivity index (χ4v) is 1.62. The van der Waals surface area contributed by atoms with Crippen LogP contribution in [-0.4, -0.2) is 10.2 Å². The molecular weight excluding hydrogens is 227 g/mol. The van der Waals surface area contributed by atoms with Crippen LogP contribution in [0.1, 0.15) is 25.5 Å². The number of aromatic nitrogens is 2. The Morgan fingerprint density at radius 2 is 2.06 bits per heavy atom. The first-order chi connectivity index (χ1) is 7.58. The van der Waals surface area contributed by atoms with Gasteiger partial charge in [0.1, 0.15) is 5.82 Å². The maximum absolute atomic E-state index is 13.0. The number of hydrogen-bond donors (Lipinski definition) is 1. The third-order valence-corrected chi connectivity index (χ3v) is 2.72. The number of aromatic amines is 1. The lowest BCUT2D eigenvalue weighted by Crippen LogP contribution is -1.85. The molecule has 2 aromatic rings. The van der Waals surface area contributed by atoms with E-state index in [0.717, 1.165) is 17.0 Å². The van der Waals surface area contributed by atoms with Gasteiger partial charge >= 0.3 is 0 Å². The van der Waals surface area contributed by atoms with Gasteiger partial charge in [0, 0.05) is 11.3 Å². The van der Waals surface area contributed by atoms with Crippen molar-refractivity contribution in [2.24, 2.45) is 0 Å². The lowest BCUT2D eigenvalue weighted by molar-refractivity contribution is 0.628. The van der Waals surface area contributed by atoms with Gasteiger partial charge in [-0.25, -0.2) is 4.39 Å². The molecule has 1 heterocycles. The Hall–Kier alpha value is -1.35. The molecule has 0 aliphatic heterocycles. The van der Waals surface area contributed by atoms with Crippen molar-refractivity contribution in [3.8, 4) is 11.3 Å². The Morgan fingerprint density at radius 3 is 2.62 bits per heavy atom. The summed E-state index contributed by atoms with van der Waals surface area (Å²) in [5, 5.41) is 7.24. The standard InChI is InChI=1S/C12H12ClFN2/c1-7(2)11-6-12(16-15-11)8-3-4-10(14)9(13)5-8/h3-7H,1-2H3,(H,15,16). The highest BCUT2D eigenvalue weighted by atomic mass is 35.5. The molecule has 1 N–H and O–H groups in total. The molecule has 84 valence electrons. The number of rotatable bonds is 2. The fraction of sp³-hybridized carbons (Fsp3) is 0.250. The number of halogens is 2. The zero-order valence-corrected chi connectivity index (χ0v) is 9.85. The Labute approximate surface area is 98.4 Å². The fourth-order valence-electron chi connectivity index (χ4n) is 1.44. The Kier molecular flexibility index (Phi) is 2.97. The van der Waals surface area contributed by atoms with Crippen LogP contribution in [-0.2, 0) is 0 Å². The molecule has 0 unspecified atom stereocenters.